The van der Waals surface area contributed by atoms with Crippen molar-refractivity contribution in [3.8, 4) is 0 Å². The fourth-order valence-corrected chi connectivity index (χ4v) is 3.50. The summed E-state index contributed by atoms with van der Waals surface area (Å²) in [6, 6.07) is 20.4. The predicted octanol–water partition coefficient (Wildman–Crippen LogP) is 4.47. The molecular formula is C22H18N4O4S. The highest BCUT2D eigenvalue weighted by Gasteiger charge is 2.11. The Morgan fingerprint density at radius 3 is 2.39 bits per heavy atom. The van der Waals surface area contributed by atoms with Crippen molar-refractivity contribution in [2.75, 3.05) is 5.32 Å². The molecule has 0 unspecified atom stereocenters. The number of carbonyl (C=O) groups excluding carboxylic acids is 2. The Morgan fingerprint density at radius 2 is 1.74 bits per heavy atom. The van der Waals surface area contributed by atoms with Crippen LogP contribution in [0.5, 0.6) is 0 Å². The molecule has 0 aliphatic heterocycles. The van der Waals surface area contributed by atoms with Crippen LogP contribution in [0.2, 0.25) is 0 Å². The van der Waals surface area contributed by atoms with Crippen molar-refractivity contribution in [3.05, 3.63) is 94.0 Å². The molecule has 0 aliphatic rings. The molecule has 0 radical (unpaired) electrons. The first-order valence-electron chi connectivity index (χ1n) is 9.15. The van der Waals surface area contributed by atoms with Crippen LogP contribution in [-0.4, -0.2) is 23.0 Å². The maximum Gasteiger partial charge on any atom is 0.271 e. The average molecular weight is 434 g/mol. The van der Waals surface area contributed by atoms with Gasteiger partial charge in [-0.15, -0.1) is 0 Å². The van der Waals surface area contributed by atoms with Crippen LogP contribution in [0.25, 0.3) is 0 Å². The molecule has 9 heteroatoms. The number of carbonyl (C=O) groups is 2. The van der Waals surface area contributed by atoms with Crippen LogP contribution in [0.1, 0.15) is 22.8 Å². The van der Waals surface area contributed by atoms with Crippen molar-refractivity contribution in [1.29, 1.82) is 0 Å². The molecule has 0 atom stereocenters. The standard InChI is InChI=1S/C22H18N4O4S/c1-15(27)24-18-9-7-16(8-10-18)22(28)25-23-14-17-13-19(26(29)30)11-12-21(17)31-20-5-3-2-4-6-20/h2-14H,1H3,(H,24,27)(H,25,28). The van der Waals surface area contributed by atoms with Gasteiger partial charge in [0.2, 0.25) is 5.91 Å². The summed E-state index contributed by atoms with van der Waals surface area (Å²) in [6.45, 7) is 1.40. The molecule has 31 heavy (non-hydrogen) atoms. The van der Waals surface area contributed by atoms with E-state index in [2.05, 4.69) is 15.8 Å². The van der Waals surface area contributed by atoms with E-state index in [0.717, 1.165) is 9.79 Å². The highest BCUT2D eigenvalue weighted by molar-refractivity contribution is 7.99. The fourth-order valence-electron chi connectivity index (χ4n) is 2.59. The van der Waals surface area contributed by atoms with E-state index in [1.165, 1.54) is 37.0 Å². The summed E-state index contributed by atoms with van der Waals surface area (Å²) in [4.78, 5) is 35.7. The zero-order valence-electron chi connectivity index (χ0n) is 16.4. The van der Waals surface area contributed by atoms with Crippen molar-refractivity contribution >= 4 is 41.2 Å². The fraction of sp³-hybridized carbons (Fsp3) is 0.0455. The van der Waals surface area contributed by atoms with Gasteiger partial charge in [0, 0.05) is 45.7 Å². The number of nitrogens with zero attached hydrogens (tertiary/aromatic N) is 2. The number of anilines is 1. The number of nitrogens with one attached hydrogen (secondary N) is 2. The van der Waals surface area contributed by atoms with Crippen LogP contribution in [0.15, 0.2) is 87.7 Å². The molecule has 0 spiro atoms. The van der Waals surface area contributed by atoms with Crippen molar-refractivity contribution in [2.45, 2.75) is 16.7 Å². The van der Waals surface area contributed by atoms with E-state index in [1.807, 2.05) is 30.3 Å². The minimum Gasteiger partial charge on any atom is -0.326 e. The first-order valence-corrected chi connectivity index (χ1v) is 9.96. The molecule has 2 N–H and O–H groups in total. The molecule has 0 saturated carbocycles. The predicted molar refractivity (Wildman–Crippen MR) is 119 cm³/mol. The Morgan fingerprint density at radius 1 is 1.03 bits per heavy atom. The van der Waals surface area contributed by atoms with Crippen LogP contribution in [0.3, 0.4) is 0 Å². The zero-order chi connectivity index (χ0) is 22.2. The molecule has 0 aliphatic carbocycles. The van der Waals surface area contributed by atoms with Gasteiger partial charge in [-0.25, -0.2) is 5.43 Å². The molecule has 0 heterocycles. The van der Waals surface area contributed by atoms with Crippen LogP contribution in [0, 0.1) is 10.1 Å². The van der Waals surface area contributed by atoms with E-state index in [1.54, 1.807) is 30.3 Å². The minimum absolute atomic E-state index is 0.0706. The molecule has 0 aromatic heterocycles. The molecule has 2 amide bonds. The summed E-state index contributed by atoms with van der Waals surface area (Å²) in [7, 11) is 0. The lowest BCUT2D eigenvalue weighted by Gasteiger charge is -2.06. The van der Waals surface area contributed by atoms with E-state index in [9.17, 15) is 19.7 Å². The summed E-state index contributed by atoms with van der Waals surface area (Å²) in [5, 5.41) is 17.7. The van der Waals surface area contributed by atoms with Gasteiger partial charge < -0.3 is 5.32 Å². The third kappa shape index (κ3) is 6.25. The Labute approximate surface area is 182 Å². The van der Waals surface area contributed by atoms with Gasteiger partial charge in [0.1, 0.15) is 0 Å². The lowest BCUT2D eigenvalue weighted by atomic mass is 10.2. The van der Waals surface area contributed by atoms with E-state index in [0.29, 0.717) is 16.8 Å². The van der Waals surface area contributed by atoms with Crippen LogP contribution < -0.4 is 10.7 Å². The number of nitro groups is 1. The molecule has 0 bridgehead atoms. The normalized spacial score (nSPS) is 10.6. The van der Waals surface area contributed by atoms with Gasteiger partial charge in [0.15, 0.2) is 0 Å². The zero-order valence-corrected chi connectivity index (χ0v) is 17.3. The Hall–Kier alpha value is -3.98. The highest BCUT2D eigenvalue weighted by Crippen LogP contribution is 2.31. The Bertz CT molecular complexity index is 1130. The molecule has 3 rings (SSSR count). The molecule has 0 saturated heterocycles. The number of nitro benzene ring substituents is 1. The number of hydrogen-bond acceptors (Lipinski definition) is 6. The first kappa shape index (κ1) is 21.7. The van der Waals surface area contributed by atoms with Gasteiger partial charge in [0.25, 0.3) is 11.6 Å². The Balaban J connectivity index is 1.75. The van der Waals surface area contributed by atoms with Gasteiger partial charge in [-0.1, -0.05) is 30.0 Å². The van der Waals surface area contributed by atoms with E-state index in [4.69, 9.17) is 0 Å². The second kappa shape index (κ2) is 10.2. The number of non-ortho nitro benzene ring substituents is 1. The second-order valence-electron chi connectivity index (χ2n) is 6.35. The lowest BCUT2D eigenvalue weighted by molar-refractivity contribution is -0.384. The average Bonchev–Trinajstić information content (AvgIpc) is 2.75. The third-order valence-corrected chi connectivity index (χ3v) is 5.11. The highest BCUT2D eigenvalue weighted by atomic mass is 32.2. The van der Waals surface area contributed by atoms with Gasteiger partial charge >= 0.3 is 0 Å². The maximum atomic E-state index is 12.3. The van der Waals surface area contributed by atoms with E-state index in [-0.39, 0.29) is 11.6 Å². The summed E-state index contributed by atoms with van der Waals surface area (Å²) in [5.41, 5.74) is 3.77. The van der Waals surface area contributed by atoms with Crippen LogP contribution >= 0.6 is 11.8 Å². The Kier molecular flexibility index (Phi) is 7.13. The van der Waals surface area contributed by atoms with Crippen LogP contribution in [0.4, 0.5) is 11.4 Å². The van der Waals surface area contributed by atoms with Crippen molar-refractivity contribution in [3.63, 3.8) is 0 Å². The maximum absolute atomic E-state index is 12.3. The topological polar surface area (TPSA) is 114 Å². The molecule has 3 aromatic carbocycles. The number of rotatable bonds is 7. The second-order valence-corrected chi connectivity index (χ2v) is 7.47. The van der Waals surface area contributed by atoms with Gasteiger partial charge in [-0.3, -0.25) is 19.7 Å². The molecule has 156 valence electrons. The minimum atomic E-state index is -0.483. The number of hydrazone groups is 1. The number of hydrogen-bond donors (Lipinski definition) is 2. The van der Waals surface area contributed by atoms with E-state index < -0.39 is 10.8 Å². The first-order chi connectivity index (χ1) is 14.9. The SMILES string of the molecule is CC(=O)Nc1ccc(C(=O)NN=Cc2cc([N+](=O)[O-])ccc2Sc2ccccc2)cc1. The summed E-state index contributed by atoms with van der Waals surface area (Å²) in [5.74, 6) is -0.656. The molecule has 8 nitrogen and oxygen atoms in total. The summed E-state index contributed by atoms with van der Waals surface area (Å²) < 4.78 is 0. The number of amides is 2. The monoisotopic (exact) mass is 434 g/mol. The molecule has 3 aromatic rings. The van der Waals surface area contributed by atoms with Crippen LogP contribution in [-0.2, 0) is 4.79 Å². The van der Waals surface area contributed by atoms with Gasteiger partial charge in [-0.2, -0.15) is 5.10 Å². The van der Waals surface area contributed by atoms with Crippen molar-refractivity contribution < 1.29 is 14.5 Å². The van der Waals surface area contributed by atoms with E-state index >= 15 is 0 Å². The quantitative estimate of drug-likeness (QED) is 0.324. The van der Waals surface area contributed by atoms with Crippen molar-refractivity contribution in [2.24, 2.45) is 5.10 Å². The smallest absolute Gasteiger partial charge is 0.271 e. The third-order valence-electron chi connectivity index (χ3n) is 4.01. The van der Waals surface area contributed by atoms with Gasteiger partial charge in [-0.05, 0) is 42.5 Å². The summed E-state index contributed by atoms with van der Waals surface area (Å²) in [6.07, 6.45) is 1.38. The molecule has 0 fully saturated rings. The van der Waals surface area contributed by atoms with Crippen molar-refractivity contribution in [1.82, 2.24) is 5.43 Å². The summed E-state index contributed by atoms with van der Waals surface area (Å²) >= 11 is 1.44. The van der Waals surface area contributed by atoms with Gasteiger partial charge in [0.05, 0.1) is 11.1 Å². The molecular weight excluding hydrogens is 416 g/mol. The largest absolute Gasteiger partial charge is 0.326 e. The number of benzene rings is 3. The lowest BCUT2D eigenvalue weighted by Crippen LogP contribution is -2.17.